The summed E-state index contributed by atoms with van der Waals surface area (Å²) in [6.07, 6.45) is 2.85. The summed E-state index contributed by atoms with van der Waals surface area (Å²) in [4.78, 5) is 31.6. The Morgan fingerprint density at radius 1 is 1.19 bits per heavy atom. The maximum absolute atomic E-state index is 13.7. The normalized spacial score (nSPS) is 15.8. The van der Waals surface area contributed by atoms with E-state index in [0.29, 0.717) is 35.3 Å². The topological polar surface area (TPSA) is 71.0 Å². The van der Waals surface area contributed by atoms with Crippen molar-refractivity contribution in [1.82, 2.24) is 14.8 Å². The van der Waals surface area contributed by atoms with Crippen LogP contribution in [0, 0.1) is 12.7 Å². The third-order valence-corrected chi connectivity index (χ3v) is 5.91. The maximum atomic E-state index is 13.7. The molecule has 156 valence electrons. The molecule has 1 amide bonds. The van der Waals surface area contributed by atoms with E-state index in [1.807, 2.05) is 37.3 Å². The first-order valence-corrected chi connectivity index (χ1v) is 10.2. The third kappa shape index (κ3) is 3.04. The van der Waals surface area contributed by atoms with Crippen LogP contribution in [0.4, 0.5) is 10.1 Å². The Morgan fingerprint density at radius 2 is 1.97 bits per heavy atom. The van der Waals surface area contributed by atoms with Crippen LogP contribution in [0.25, 0.3) is 16.7 Å². The predicted molar refractivity (Wildman–Crippen MR) is 117 cm³/mol. The molecule has 0 spiro atoms. The molecule has 2 aromatic heterocycles. The molecule has 0 radical (unpaired) electrons. The van der Waals surface area contributed by atoms with Crippen molar-refractivity contribution in [2.75, 3.05) is 4.90 Å². The van der Waals surface area contributed by atoms with E-state index in [1.54, 1.807) is 22.6 Å². The first-order valence-electron chi connectivity index (χ1n) is 10.2. The number of anilines is 1. The van der Waals surface area contributed by atoms with Crippen LogP contribution in [0.5, 0.6) is 0 Å². The van der Waals surface area contributed by atoms with Crippen LogP contribution in [0.15, 0.2) is 59.5 Å². The number of pyridine rings is 1. The summed E-state index contributed by atoms with van der Waals surface area (Å²) in [5.41, 5.74) is 3.02. The Kier molecular flexibility index (Phi) is 4.46. The zero-order valence-electron chi connectivity index (χ0n) is 17.2. The van der Waals surface area contributed by atoms with Crippen molar-refractivity contribution in [2.45, 2.75) is 32.7 Å². The van der Waals surface area contributed by atoms with Crippen molar-refractivity contribution >= 4 is 22.6 Å². The van der Waals surface area contributed by atoms with Crippen LogP contribution in [0.3, 0.4) is 0 Å². The van der Waals surface area contributed by atoms with Gasteiger partial charge in [0.15, 0.2) is 0 Å². The van der Waals surface area contributed by atoms with E-state index >= 15 is 0 Å². The summed E-state index contributed by atoms with van der Waals surface area (Å²) in [7, 11) is 0. The number of hydrogen-bond acceptors (Lipinski definition) is 3. The van der Waals surface area contributed by atoms with Crippen LogP contribution in [0.2, 0.25) is 0 Å². The summed E-state index contributed by atoms with van der Waals surface area (Å²) in [5, 5.41) is 4.90. The van der Waals surface area contributed by atoms with Gasteiger partial charge in [-0.15, -0.1) is 0 Å². The van der Waals surface area contributed by atoms with Crippen LogP contribution < -0.4 is 10.3 Å². The summed E-state index contributed by atoms with van der Waals surface area (Å²) < 4.78 is 15.4. The number of aromatic amines is 1. The fourth-order valence-electron chi connectivity index (χ4n) is 4.35. The second kappa shape index (κ2) is 7.19. The minimum absolute atomic E-state index is 0.0484. The lowest BCUT2D eigenvalue weighted by molar-refractivity contribution is 0.0974. The fourth-order valence-corrected chi connectivity index (χ4v) is 4.35. The monoisotopic (exact) mass is 416 g/mol. The highest BCUT2D eigenvalue weighted by Gasteiger charge is 2.31. The van der Waals surface area contributed by atoms with Gasteiger partial charge in [0.05, 0.1) is 16.8 Å². The van der Waals surface area contributed by atoms with Crippen LogP contribution >= 0.6 is 0 Å². The van der Waals surface area contributed by atoms with Gasteiger partial charge in [0.1, 0.15) is 17.0 Å². The molecule has 4 aromatic rings. The first kappa shape index (κ1) is 19.2. The van der Waals surface area contributed by atoms with Gasteiger partial charge < -0.3 is 9.88 Å². The Bertz CT molecular complexity index is 1370. The number of aromatic nitrogens is 3. The molecule has 0 saturated carbocycles. The minimum Gasteiger partial charge on any atom is -0.345 e. The van der Waals surface area contributed by atoms with E-state index in [-0.39, 0.29) is 22.9 Å². The molecule has 2 aromatic carbocycles. The smallest absolute Gasteiger partial charge is 0.264 e. The highest BCUT2D eigenvalue weighted by atomic mass is 19.1. The summed E-state index contributed by atoms with van der Waals surface area (Å²) in [6, 6.07) is 13.8. The molecule has 0 saturated heterocycles. The first-order chi connectivity index (χ1) is 15.0. The lowest BCUT2D eigenvalue weighted by atomic mass is 9.95. The highest BCUT2D eigenvalue weighted by molar-refractivity contribution is 6.08. The van der Waals surface area contributed by atoms with Crippen molar-refractivity contribution in [1.29, 1.82) is 0 Å². The SMILES string of the molecule is Cc1nn(-c2ccccc2)c2[nH]cc(C(=O)N3c4ccc(F)cc4CC[C@H]3C)c(=O)c12. The molecule has 1 aliphatic heterocycles. The van der Waals surface area contributed by atoms with Crippen LogP contribution in [0.1, 0.15) is 35.0 Å². The van der Waals surface area contributed by atoms with Gasteiger partial charge in [-0.05, 0) is 62.6 Å². The Labute approximate surface area is 177 Å². The van der Waals surface area contributed by atoms with Crippen molar-refractivity contribution in [3.8, 4) is 5.69 Å². The molecule has 6 nitrogen and oxygen atoms in total. The van der Waals surface area contributed by atoms with Gasteiger partial charge in [-0.25, -0.2) is 9.07 Å². The molecule has 0 fully saturated rings. The van der Waals surface area contributed by atoms with Gasteiger partial charge in [0, 0.05) is 17.9 Å². The molecule has 7 heteroatoms. The molecule has 1 atom stereocenters. The summed E-state index contributed by atoms with van der Waals surface area (Å²) in [5.74, 6) is -0.723. The lowest BCUT2D eigenvalue weighted by Crippen LogP contribution is -2.43. The molecule has 0 aliphatic carbocycles. The largest absolute Gasteiger partial charge is 0.345 e. The fraction of sp³-hybridized carbons (Fsp3) is 0.208. The van der Waals surface area contributed by atoms with E-state index in [9.17, 15) is 14.0 Å². The molecule has 5 rings (SSSR count). The molecule has 3 heterocycles. The number of nitrogens with one attached hydrogen (secondary N) is 1. The van der Waals surface area contributed by atoms with Crippen molar-refractivity contribution in [3.63, 3.8) is 0 Å². The van der Waals surface area contributed by atoms with E-state index in [1.165, 1.54) is 18.3 Å². The molecule has 0 unspecified atom stereocenters. The number of para-hydroxylation sites is 1. The molecule has 0 bridgehead atoms. The van der Waals surface area contributed by atoms with E-state index in [4.69, 9.17) is 0 Å². The van der Waals surface area contributed by atoms with Crippen LogP contribution in [-0.4, -0.2) is 26.7 Å². The number of hydrogen-bond donors (Lipinski definition) is 1. The van der Waals surface area contributed by atoms with E-state index < -0.39 is 5.91 Å². The highest BCUT2D eigenvalue weighted by Crippen LogP contribution is 2.32. The number of rotatable bonds is 2. The van der Waals surface area contributed by atoms with Crippen molar-refractivity contribution < 1.29 is 9.18 Å². The quantitative estimate of drug-likeness (QED) is 0.534. The van der Waals surface area contributed by atoms with Gasteiger partial charge in [0.2, 0.25) is 5.43 Å². The Morgan fingerprint density at radius 3 is 2.74 bits per heavy atom. The second-order valence-corrected chi connectivity index (χ2v) is 7.92. The number of carbonyl (C=O) groups excluding carboxylic acids is 1. The minimum atomic E-state index is -0.393. The number of aryl methyl sites for hydroxylation is 2. The summed E-state index contributed by atoms with van der Waals surface area (Å²) in [6.45, 7) is 3.70. The summed E-state index contributed by atoms with van der Waals surface area (Å²) >= 11 is 0. The Hall–Kier alpha value is -3.74. The molecule has 1 aliphatic rings. The number of amides is 1. The van der Waals surface area contributed by atoms with Crippen LogP contribution in [-0.2, 0) is 6.42 Å². The van der Waals surface area contributed by atoms with Gasteiger partial charge in [-0.1, -0.05) is 18.2 Å². The predicted octanol–water partition coefficient (Wildman–Crippen LogP) is 4.14. The number of halogens is 1. The zero-order valence-corrected chi connectivity index (χ0v) is 17.2. The van der Waals surface area contributed by atoms with Crippen molar-refractivity contribution in [3.05, 3.63) is 87.6 Å². The average Bonchev–Trinajstić information content (AvgIpc) is 3.11. The molecular weight excluding hydrogens is 395 g/mol. The van der Waals surface area contributed by atoms with E-state index in [2.05, 4.69) is 10.1 Å². The lowest BCUT2D eigenvalue weighted by Gasteiger charge is -2.35. The Balaban J connectivity index is 1.64. The van der Waals surface area contributed by atoms with Gasteiger partial charge in [-0.2, -0.15) is 5.10 Å². The molecular formula is C24H21FN4O2. The number of benzene rings is 2. The zero-order chi connectivity index (χ0) is 21.7. The average molecular weight is 416 g/mol. The van der Waals surface area contributed by atoms with Gasteiger partial charge >= 0.3 is 0 Å². The number of carbonyl (C=O) groups is 1. The third-order valence-electron chi connectivity index (χ3n) is 5.91. The van der Waals surface area contributed by atoms with Gasteiger partial charge in [0.25, 0.3) is 5.91 Å². The maximum Gasteiger partial charge on any atom is 0.264 e. The number of H-pyrrole nitrogens is 1. The molecule has 1 N–H and O–H groups in total. The molecule has 31 heavy (non-hydrogen) atoms. The number of nitrogens with zero attached hydrogens (tertiary/aromatic N) is 3. The number of fused-ring (bicyclic) bond motifs is 2. The van der Waals surface area contributed by atoms with Crippen molar-refractivity contribution in [2.24, 2.45) is 0 Å². The standard InChI is InChI=1S/C24H21FN4O2/c1-14-8-9-16-12-17(25)10-11-20(16)28(14)24(31)19-13-26-23-21(22(19)30)15(2)27-29(23)18-6-4-3-5-7-18/h3-7,10-14H,8-9H2,1-2H3,(H,26,30)/t14-/m1/s1. The van der Waals surface area contributed by atoms with Gasteiger partial charge in [-0.3, -0.25) is 9.59 Å². The second-order valence-electron chi connectivity index (χ2n) is 7.92. The van der Waals surface area contributed by atoms with E-state index in [0.717, 1.165) is 11.3 Å².